The summed E-state index contributed by atoms with van der Waals surface area (Å²) < 4.78 is 5.47. The first-order valence-corrected chi connectivity index (χ1v) is 7.40. The molecule has 0 spiro atoms. The second-order valence-electron chi connectivity index (χ2n) is 4.93. The van der Waals surface area contributed by atoms with Crippen molar-refractivity contribution in [3.05, 3.63) is 28.2 Å². The number of carbonyl (C=O) groups is 1. The molecule has 1 aromatic rings. The molecule has 1 heterocycles. The molecule has 1 fully saturated rings. The molecular formula is C14H18Cl2N2O2. The zero-order valence-electron chi connectivity index (χ0n) is 11.3. The fourth-order valence-corrected chi connectivity index (χ4v) is 2.71. The molecule has 1 saturated heterocycles. The van der Waals surface area contributed by atoms with Crippen LogP contribution < -0.4 is 10.6 Å². The quantitative estimate of drug-likeness (QED) is 0.897. The zero-order chi connectivity index (χ0) is 14.5. The Balaban J connectivity index is 1.83. The van der Waals surface area contributed by atoms with Crippen LogP contribution >= 0.6 is 23.2 Å². The third-order valence-electron chi connectivity index (χ3n) is 3.26. The Labute approximate surface area is 128 Å². The van der Waals surface area contributed by atoms with Gasteiger partial charge in [0.05, 0.1) is 28.4 Å². The maximum Gasteiger partial charge on any atom is 0.238 e. The highest BCUT2D eigenvalue weighted by molar-refractivity contribution is 6.39. The SMILES string of the molecule is CC1CC(NCC(=O)Nc2c(Cl)cccc2Cl)CCO1. The van der Waals surface area contributed by atoms with Gasteiger partial charge in [-0.3, -0.25) is 4.79 Å². The minimum absolute atomic E-state index is 0.154. The van der Waals surface area contributed by atoms with E-state index in [-0.39, 0.29) is 18.6 Å². The van der Waals surface area contributed by atoms with Gasteiger partial charge >= 0.3 is 0 Å². The minimum Gasteiger partial charge on any atom is -0.378 e. The number of carbonyl (C=O) groups excluding carboxylic acids is 1. The second kappa shape index (κ2) is 7.27. The molecule has 0 saturated carbocycles. The number of rotatable bonds is 4. The van der Waals surface area contributed by atoms with E-state index in [0.717, 1.165) is 19.4 Å². The van der Waals surface area contributed by atoms with Crippen molar-refractivity contribution in [3.8, 4) is 0 Å². The molecule has 1 aliphatic heterocycles. The number of ether oxygens (including phenoxy) is 1. The van der Waals surface area contributed by atoms with Crippen molar-refractivity contribution in [1.29, 1.82) is 0 Å². The van der Waals surface area contributed by atoms with E-state index in [0.29, 0.717) is 21.8 Å². The van der Waals surface area contributed by atoms with Crippen molar-refractivity contribution in [2.75, 3.05) is 18.5 Å². The Morgan fingerprint density at radius 1 is 1.40 bits per heavy atom. The highest BCUT2D eigenvalue weighted by Crippen LogP contribution is 2.29. The fourth-order valence-electron chi connectivity index (χ4n) is 2.22. The lowest BCUT2D eigenvalue weighted by atomic mass is 10.0. The monoisotopic (exact) mass is 316 g/mol. The molecular weight excluding hydrogens is 299 g/mol. The number of benzene rings is 1. The van der Waals surface area contributed by atoms with E-state index in [9.17, 15) is 4.79 Å². The Kier molecular flexibility index (Phi) is 5.66. The Morgan fingerprint density at radius 3 is 2.75 bits per heavy atom. The van der Waals surface area contributed by atoms with E-state index in [1.807, 2.05) is 6.92 Å². The maximum absolute atomic E-state index is 11.9. The van der Waals surface area contributed by atoms with Gasteiger partial charge in [-0.25, -0.2) is 0 Å². The molecule has 4 nitrogen and oxygen atoms in total. The highest BCUT2D eigenvalue weighted by Gasteiger charge is 2.19. The number of nitrogens with one attached hydrogen (secondary N) is 2. The summed E-state index contributed by atoms with van der Waals surface area (Å²) in [5, 5.41) is 6.84. The van der Waals surface area contributed by atoms with Crippen LogP contribution in [0.15, 0.2) is 18.2 Å². The third-order valence-corrected chi connectivity index (χ3v) is 3.89. The van der Waals surface area contributed by atoms with Crippen LogP contribution in [0.1, 0.15) is 19.8 Å². The summed E-state index contributed by atoms with van der Waals surface area (Å²) >= 11 is 12.0. The Morgan fingerprint density at radius 2 is 2.10 bits per heavy atom. The Hall–Kier alpha value is -0.810. The predicted octanol–water partition coefficient (Wildman–Crippen LogP) is 3.09. The average molecular weight is 317 g/mol. The topological polar surface area (TPSA) is 50.4 Å². The summed E-state index contributed by atoms with van der Waals surface area (Å²) in [6, 6.07) is 5.43. The lowest BCUT2D eigenvalue weighted by Gasteiger charge is -2.27. The van der Waals surface area contributed by atoms with Crippen molar-refractivity contribution in [2.24, 2.45) is 0 Å². The van der Waals surface area contributed by atoms with Gasteiger partial charge in [0.25, 0.3) is 0 Å². The molecule has 1 aliphatic rings. The molecule has 1 aromatic carbocycles. The van der Waals surface area contributed by atoms with Crippen LogP contribution in [0.5, 0.6) is 0 Å². The standard InChI is InChI=1S/C14H18Cl2N2O2/c1-9-7-10(5-6-20-9)17-8-13(19)18-14-11(15)3-2-4-12(14)16/h2-4,9-10,17H,5-8H2,1H3,(H,18,19). The van der Waals surface area contributed by atoms with Gasteiger partial charge in [-0.2, -0.15) is 0 Å². The Bertz CT molecular complexity index is 462. The zero-order valence-corrected chi connectivity index (χ0v) is 12.8. The first-order valence-electron chi connectivity index (χ1n) is 6.65. The van der Waals surface area contributed by atoms with Gasteiger partial charge < -0.3 is 15.4 Å². The van der Waals surface area contributed by atoms with Crippen molar-refractivity contribution in [1.82, 2.24) is 5.32 Å². The van der Waals surface area contributed by atoms with Gasteiger partial charge in [0.1, 0.15) is 0 Å². The summed E-state index contributed by atoms with van der Waals surface area (Å²) in [5.74, 6) is -0.154. The smallest absolute Gasteiger partial charge is 0.238 e. The molecule has 0 aliphatic carbocycles. The molecule has 0 radical (unpaired) electrons. The van der Waals surface area contributed by atoms with Gasteiger partial charge in [-0.05, 0) is 31.9 Å². The third kappa shape index (κ3) is 4.35. The van der Waals surface area contributed by atoms with E-state index in [2.05, 4.69) is 10.6 Å². The maximum atomic E-state index is 11.9. The van der Waals surface area contributed by atoms with Gasteiger partial charge in [0, 0.05) is 12.6 Å². The van der Waals surface area contributed by atoms with Crippen molar-refractivity contribution < 1.29 is 9.53 Å². The van der Waals surface area contributed by atoms with Gasteiger partial charge in [0.2, 0.25) is 5.91 Å². The molecule has 6 heteroatoms. The van der Waals surface area contributed by atoms with E-state index >= 15 is 0 Å². The van der Waals surface area contributed by atoms with E-state index in [1.54, 1.807) is 18.2 Å². The molecule has 2 rings (SSSR count). The largest absolute Gasteiger partial charge is 0.378 e. The fraction of sp³-hybridized carbons (Fsp3) is 0.500. The van der Waals surface area contributed by atoms with Crippen LogP contribution in [-0.4, -0.2) is 31.2 Å². The molecule has 110 valence electrons. The second-order valence-corrected chi connectivity index (χ2v) is 5.74. The molecule has 0 bridgehead atoms. The van der Waals surface area contributed by atoms with Crippen molar-refractivity contribution >= 4 is 34.8 Å². The van der Waals surface area contributed by atoms with E-state index in [4.69, 9.17) is 27.9 Å². The summed E-state index contributed by atoms with van der Waals surface area (Å²) in [7, 11) is 0. The number of hydrogen-bond donors (Lipinski definition) is 2. The van der Waals surface area contributed by atoms with Gasteiger partial charge in [-0.15, -0.1) is 0 Å². The molecule has 2 atom stereocenters. The van der Waals surface area contributed by atoms with Crippen molar-refractivity contribution in [3.63, 3.8) is 0 Å². The number of hydrogen-bond acceptors (Lipinski definition) is 3. The lowest BCUT2D eigenvalue weighted by molar-refractivity contribution is -0.115. The summed E-state index contributed by atoms with van der Waals surface area (Å²) in [5.41, 5.74) is 0.461. The first-order chi connectivity index (χ1) is 9.56. The normalized spacial score (nSPS) is 22.6. The minimum atomic E-state index is -0.154. The molecule has 1 amide bonds. The number of amides is 1. The van der Waals surface area contributed by atoms with Crippen LogP contribution in [0, 0.1) is 0 Å². The van der Waals surface area contributed by atoms with Crippen LogP contribution in [0.25, 0.3) is 0 Å². The first kappa shape index (κ1) is 15.6. The molecule has 2 N–H and O–H groups in total. The summed E-state index contributed by atoms with van der Waals surface area (Å²) in [6.07, 6.45) is 2.08. The van der Waals surface area contributed by atoms with Gasteiger partial charge in [0.15, 0.2) is 0 Å². The predicted molar refractivity (Wildman–Crippen MR) is 81.5 cm³/mol. The van der Waals surface area contributed by atoms with Crippen LogP contribution in [0.2, 0.25) is 10.0 Å². The van der Waals surface area contributed by atoms with Crippen LogP contribution in [0.4, 0.5) is 5.69 Å². The van der Waals surface area contributed by atoms with Gasteiger partial charge in [-0.1, -0.05) is 29.3 Å². The number of anilines is 1. The molecule has 0 aromatic heterocycles. The number of para-hydroxylation sites is 1. The molecule has 2 unspecified atom stereocenters. The molecule has 20 heavy (non-hydrogen) atoms. The lowest BCUT2D eigenvalue weighted by Crippen LogP contribution is -2.41. The summed E-state index contributed by atoms with van der Waals surface area (Å²) in [6.45, 7) is 3.01. The van der Waals surface area contributed by atoms with E-state index < -0.39 is 0 Å². The van der Waals surface area contributed by atoms with Crippen LogP contribution in [-0.2, 0) is 9.53 Å². The van der Waals surface area contributed by atoms with E-state index in [1.165, 1.54) is 0 Å². The average Bonchev–Trinajstić information content (AvgIpc) is 2.41. The summed E-state index contributed by atoms with van der Waals surface area (Å²) in [4.78, 5) is 11.9. The van der Waals surface area contributed by atoms with Crippen molar-refractivity contribution in [2.45, 2.75) is 31.9 Å². The number of halogens is 2. The van der Waals surface area contributed by atoms with Crippen LogP contribution in [0.3, 0.4) is 0 Å². The highest BCUT2D eigenvalue weighted by atomic mass is 35.5.